The lowest BCUT2D eigenvalue weighted by Crippen LogP contribution is -2.70. The van der Waals surface area contributed by atoms with Crippen LogP contribution in [0.2, 0.25) is 0 Å². The average Bonchev–Trinajstić information content (AvgIpc) is 3.01. The summed E-state index contributed by atoms with van der Waals surface area (Å²) in [5, 5.41) is 2.48. The second-order valence-corrected chi connectivity index (χ2v) is 12.9. The van der Waals surface area contributed by atoms with Crippen LogP contribution in [0, 0.1) is 0 Å². The number of alkyl halides is 13. The van der Waals surface area contributed by atoms with Gasteiger partial charge in [0.1, 0.15) is 12.2 Å². The summed E-state index contributed by atoms with van der Waals surface area (Å²) >= 11 is 0. The van der Waals surface area contributed by atoms with Crippen molar-refractivity contribution < 1.29 is 76.1 Å². The number of hydrogen-bond acceptors (Lipinski definition) is 4. The summed E-state index contributed by atoms with van der Waals surface area (Å²) in [7, 11) is 0. The maximum absolute atomic E-state index is 14.2. The Morgan fingerprint density at radius 1 is 0.692 bits per heavy atom. The smallest absolute Gasteiger partial charge is 0.458 e. The van der Waals surface area contributed by atoms with Gasteiger partial charge >= 0.3 is 47.9 Å². The first kappa shape index (κ1) is 44.0. The van der Waals surface area contributed by atoms with Crippen LogP contribution in [-0.2, 0) is 33.7 Å². The zero-order chi connectivity index (χ0) is 40.2. The first-order valence-corrected chi connectivity index (χ1v) is 15.1. The number of ether oxygens (including phenoxy) is 2. The number of amides is 1. The molecule has 0 radical (unpaired) electrons. The normalized spacial score (nSPS) is 14.5. The van der Waals surface area contributed by atoms with Gasteiger partial charge in [0, 0.05) is 12.8 Å². The molecule has 1 atom stereocenters. The van der Waals surface area contributed by atoms with E-state index >= 15 is 0 Å². The monoisotopic (exact) mass is 767 g/mol. The molecule has 0 saturated heterocycles. The number of aryl methyl sites for hydroxylation is 1. The molecule has 18 heteroatoms. The molecule has 0 aromatic heterocycles. The number of rotatable bonds is 14. The second kappa shape index (κ2) is 15.4. The second-order valence-electron chi connectivity index (χ2n) is 12.9. The van der Waals surface area contributed by atoms with Crippen LogP contribution in [0.3, 0.4) is 0 Å². The van der Waals surface area contributed by atoms with Crippen molar-refractivity contribution in [3.63, 3.8) is 0 Å². The lowest BCUT2D eigenvalue weighted by Gasteiger charge is -2.39. The van der Waals surface area contributed by atoms with Crippen LogP contribution in [0.25, 0.3) is 0 Å². The first-order valence-electron chi connectivity index (χ1n) is 15.1. The van der Waals surface area contributed by atoms with E-state index in [2.05, 4.69) is 11.0 Å². The van der Waals surface area contributed by atoms with E-state index in [9.17, 15) is 66.7 Å². The fourth-order valence-corrected chi connectivity index (χ4v) is 4.30. The van der Waals surface area contributed by atoms with Crippen molar-refractivity contribution in [3.05, 3.63) is 88.7 Å². The molecule has 0 aliphatic heterocycles. The van der Waals surface area contributed by atoms with Crippen LogP contribution in [0.15, 0.2) is 72.0 Å². The molecule has 52 heavy (non-hydrogen) atoms. The van der Waals surface area contributed by atoms with Crippen LogP contribution in [0.4, 0.5) is 61.9 Å². The quantitative estimate of drug-likeness (QED) is 0.118. The fourth-order valence-electron chi connectivity index (χ4n) is 4.30. The van der Waals surface area contributed by atoms with Crippen LogP contribution in [0.5, 0.6) is 0 Å². The standard InChI is InChI=1S/C34H34F13NO4/c1-21(2)15-17-28(25(49)52-27(3,4)5,19-23-9-7-6-8-10-23)48-26(50)51-20-24-13-11-22(12-14-24)16-18-29(35,36)30(37,38)31(39,40)32(41,42)33(43,44)34(45,46)47/h6-14,17H,16,18-20H2,1-5H3,(H,48,50). The van der Waals surface area contributed by atoms with Crippen LogP contribution < -0.4 is 5.32 Å². The summed E-state index contributed by atoms with van der Waals surface area (Å²) in [5.41, 5.74) is 1.10. The molecule has 1 amide bonds. The summed E-state index contributed by atoms with van der Waals surface area (Å²) in [5.74, 6) is -38.0. The molecule has 0 fully saturated rings. The highest BCUT2D eigenvalue weighted by Gasteiger charge is 2.90. The molecule has 0 spiro atoms. The van der Waals surface area contributed by atoms with Crippen molar-refractivity contribution in [1.82, 2.24) is 5.32 Å². The van der Waals surface area contributed by atoms with Crippen molar-refractivity contribution in [2.75, 3.05) is 0 Å². The molecule has 2 aromatic rings. The van der Waals surface area contributed by atoms with E-state index in [-0.39, 0.29) is 17.5 Å². The molecule has 290 valence electrons. The van der Waals surface area contributed by atoms with E-state index in [1.807, 2.05) is 0 Å². The number of benzene rings is 2. The molecule has 0 saturated carbocycles. The molecule has 1 N–H and O–H groups in total. The Balaban J connectivity index is 2.23. The number of hydrogen-bond donors (Lipinski definition) is 1. The van der Waals surface area contributed by atoms with Gasteiger partial charge in [-0.05, 0) is 69.4 Å². The predicted molar refractivity (Wildman–Crippen MR) is 161 cm³/mol. The summed E-state index contributed by atoms with van der Waals surface area (Å²) in [6, 6.07) is 12.6. The minimum absolute atomic E-state index is 0.106. The van der Waals surface area contributed by atoms with Crippen molar-refractivity contribution >= 4 is 12.1 Å². The van der Waals surface area contributed by atoms with Crippen molar-refractivity contribution in [1.29, 1.82) is 0 Å². The van der Waals surface area contributed by atoms with E-state index in [0.717, 1.165) is 24.3 Å². The van der Waals surface area contributed by atoms with Gasteiger partial charge < -0.3 is 14.8 Å². The highest BCUT2D eigenvalue weighted by molar-refractivity contribution is 5.88. The van der Waals surface area contributed by atoms with Gasteiger partial charge in [0.2, 0.25) is 0 Å². The Morgan fingerprint density at radius 2 is 1.19 bits per heavy atom. The van der Waals surface area contributed by atoms with Gasteiger partial charge in [-0.15, -0.1) is 5.73 Å². The molecule has 2 rings (SSSR count). The number of carbonyl (C=O) groups is 2. The predicted octanol–water partition coefficient (Wildman–Crippen LogP) is 10.0. The molecular formula is C34H34F13NO4. The largest absolute Gasteiger partial charge is 0.460 e. The van der Waals surface area contributed by atoms with Crippen LogP contribution in [-0.4, -0.2) is 59.0 Å². The maximum atomic E-state index is 14.2. The van der Waals surface area contributed by atoms with Gasteiger partial charge in [0.25, 0.3) is 0 Å². The molecule has 2 aromatic carbocycles. The molecule has 1 unspecified atom stereocenters. The average molecular weight is 768 g/mol. The van der Waals surface area contributed by atoms with Gasteiger partial charge in [0.15, 0.2) is 5.54 Å². The van der Waals surface area contributed by atoms with Crippen molar-refractivity contribution in [3.8, 4) is 0 Å². The highest BCUT2D eigenvalue weighted by atomic mass is 19.4. The number of halogens is 13. The van der Waals surface area contributed by atoms with Gasteiger partial charge in [-0.2, -0.15) is 57.1 Å². The molecule has 5 nitrogen and oxygen atoms in total. The summed E-state index contributed by atoms with van der Waals surface area (Å²) < 4.78 is 185. The van der Waals surface area contributed by atoms with E-state index in [1.165, 1.54) is 6.08 Å². The fraction of sp³-hybridized carbons (Fsp3) is 0.500. The Bertz CT molecular complexity index is 1610. The number of esters is 1. The molecule has 0 bridgehead atoms. The molecule has 0 aliphatic carbocycles. The third-order valence-corrected chi connectivity index (χ3v) is 7.14. The van der Waals surface area contributed by atoms with E-state index in [4.69, 9.17) is 9.47 Å². The molecule has 0 aliphatic rings. The Morgan fingerprint density at radius 3 is 1.67 bits per heavy atom. The van der Waals surface area contributed by atoms with Gasteiger partial charge in [0.05, 0.1) is 0 Å². The van der Waals surface area contributed by atoms with E-state index < -0.39 is 78.4 Å². The zero-order valence-corrected chi connectivity index (χ0v) is 28.1. The lowest BCUT2D eigenvalue weighted by molar-refractivity contribution is -0.440. The third kappa shape index (κ3) is 9.81. The van der Waals surface area contributed by atoms with Gasteiger partial charge in [-0.25, -0.2) is 9.59 Å². The SMILES string of the molecule is CC(C)=C=CC(Cc1ccccc1)(NC(=O)OCc1ccc(CCC(F)(F)C(F)(F)C(F)(F)C(F)(F)C(F)(F)C(F)(F)F)cc1)C(=O)OC(C)(C)C. The van der Waals surface area contributed by atoms with Crippen LogP contribution >= 0.6 is 0 Å². The molecular weight excluding hydrogens is 733 g/mol. The number of nitrogens with one attached hydrogen (secondary N) is 1. The number of alkyl carbamates (subject to hydrolysis) is 1. The number of carbonyl (C=O) groups excluding carboxylic acids is 2. The first-order chi connectivity index (χ1) is 23.4. The summed E-state index contributed by atoms with van der Waals surface area (Å²) in [6.45, 7) is 7.63. The minimum atomic E-state index is -7.96. The summed E-state index contributed by atoms with van der Waals surface area (Å²) in [4.78, 5) is 26.5. The van der Waals surface area contributed by atoms with Gasteiger partial charge in [-0.3, -0.25) is 0 Å². The Hall–Kier alpha value is -4.21. The van der Waals surface area contributed by atoms with Crippen molar-refractivity contribution in [2.24, 2.45) is 0 Å². The van der Waals surface area contributed by atoms with Crippen LogP contribution in [0.1, 0.15) is 57.7 Å². The van der Waals surface area contributed by atoms with Crippen molar-refractivity contribution in [2.45, 2.75) is 107 Å². The van der Waals surface area contributed by atoms with Gasteiger partial charge in [-0.1, -0.05) is 54.6 Å². The topological polar surface area (TPSA) is 64.6 Å². The minimum Gasteiger partial charge on any atom is -0.458 e. The Kier molecular flexibility index (Phi) is 13.0. The zero-order valence-electron chi connectivity index (χ0n) is 28.1. The highest BCUT2D eigenvalue weighted by Crippen LogP contribution is 2.60. The van der Waals surface area contributed by atoms with E-state index in [0.29, 0.717) is 11.1 Å². The van der Waals surface area contributed by atoms with E-state index in [1.54, 1.807) is 65.0 Å². The third-order valence-electron chi connectivity index (χ3n) is 7.14. The maximum Gasteiger partial charge on any atom is 0.460 e. The summed E-state index contributed by atoms with van der Waals surface area (Å²) in [6.07, 6.45) is -11.1. The Labute approximate surface area is 289 Å². The lowest BCUT2D eigenvalue weighted by atomic mass is 9.90. The molecule has 0 heterocycles.